The Hall–Kier alpha value is -3.40. The Morgan fingerprint density at radius 3 is 2.60 bits per heavy atom. The lowest BCUT2D eigenvalue weighted by atomic mass is 9.92. The van der Waals surface area contributed by atoms with Gasteiger partial charge in [-0.25, -0.2) is 9.50 Å². The van der Waals surface area contributed by atoms with Crippen molar-refractivity contribution in [2.45, 2.75) is 44.6 Å². The van der Waals surface area contributed by atoms with E-state index in [9.17, 15) is 19.0 Å². The van der Waals surface area contributed by atoms with Gasteiger partial charge in [-0.05, 0) is 37.1 Å². The summed E-state index contributed by atoms with van der Waals surface area (Å²) in [6.07, 6.45) is -0.282. The summed E-state index contributed by atoms with van der Waals surface area (Å²) in [6.45, 7) is 0.941. The average molecular weight is 481 g/mol. The van der Waals surface area contributed by atoms with Crippen LogP contribution in [0.15, 0.2) is 60.7 Å². The number of benzene rings is 2. The number of halogens is 2. The van der Waals surface area contributed by atoms with E-state index in [0.717, 1.165) is 11.1 Å². The van der Waals surface area contributed by atoms with Gasteiger partial charge in [-0.1, -0.05) is 49.4 Å². The molecule has 0 bridgehead atoms. The first kappa shape index (κ1) is 23.3. The van der Waals surface area contributed by atoms with E-state index < -0.39 is 24.4 Å². The molecule has 7 nitrogen and oxygen atoms in total. The van der Waals surface area contributed by atoms with Gasteiger partial charge in [-0.3, -0.25) is 0 Å². The van der Waals surface area contributed by atoms with Gasteiger partial charge in [0.15, 0.2) is 5.65 Å². The SMILES string of the molecule is CCC(C)(O)c1ccc(-c2ccc3nc4c(n3n2)[C@@H](c2ccccc2OC(F)F)NC[C@H]4O)cc1. The molecule has 0 saturated heterocycles. The number of nitrogens with zero attached hydrogens (tertiary/aromatic N) is 3. The van der Waals surface area contributed by atoms with Gasteiger partial charge in [0.2, 0.25) is 0 Å². The second-order valence-electron chi connectivity index (χ2n) is 8.85. The van der Waals surface area contributed by atoms with Crippen molar-refractivity contribution in [3.63, 3.8) is 0 Å². The van der Waals surface area contributed by atoms with Crippen LogP contribution >= 0.6 is 0 Å². The molecule has 2 aromatic heterocycles. The predicted octanol–water partition coefficient (Wildman–Crippen LogP) is 4.34. The number of β-amino-alcohol motifs (C(OH)–C–C–N with tert-alkyl or cyclic N) is 1. The molecule has 3 heterocycles. The molecule has 0 spiro atoms. The Morgan fingerprint density at radius 2 is 1.89 bits per heavy atom. The third-order valence-corrected chi connectivity index (χ3v) is 6.58. The molecular formula is C26H26F2N4O3. The zero-order valence-corrected chi connectivity index (χ0v) is 19.3. The number of aliphatic hydroxyl groups excluding tert-OH is 1. The number of aliphatic hydroxyl groups is 2. The maximum Gasteiger partial charge on any atom is 0.387 e. The van der Waals surface area contributed by atoms with Gasteiger partial charge in [-0.2, -0.15) is 13.9 Å². The molecule has 0 saturated carbocycles. The highest BCUT2D eigenvalue weighted by Gasteiger charge is 2.34. The molecule has 5 rings (SSSR count). The Bertz CT molecular complexity index is 1350. The quantitative estimate of drug-likeness (QED) is 0.380. The lowest BCUT2D eigenvalue weighted by Crippen LogP contribution is -2.35. The fourth-order valence-electron chi connectivity index (χ4n) is 4.44. The number of fused-ring (bicyclic) bond motifs is 3. The number of para-hydroxylation sites is 1. The molecule has 182 valence electrons. The molecule has 35 heavy (non-hydrogen) atoms. The summed E-state index contributed by atoms with van der Waals surface area (Å²) in [7, 11) is 0. The lowest BCUT2D eigenvalue weighted by Gasteiger charge is -2.28. The fraction of sp³-hybridized carbons (Fsp3) is 0.308. The molecule has 4 aromatic rings. The number of imidazole rings is 1. The largest absolute Gasteiger partial charge is 0.434 e. The standard InChI is InChI=1S/C26H26F2N4O3/c1-3-26(2,34)16-10-8-15(9-11-16)18-12-13-21-30-23-19(33)14-29-22(24(23)32(21)31-18)17-6-4-5-7-20(17)35-25(27)28/h4-13,19,22,25,29,33-34H,3,14H2,1-2H3/t19-,22-,26?/m1/s1. The number of ether oxygens (including phenoxy) is 1. The van der Waals surface area contributed by atoms with E-state index in [-0.39, 0.29) is 12.3 Å². The van der Waals surface area contributed by atoms with Gasteiger partial charge in [-0.15, -0.1) is 0 Å². The molecular weight excluding hydrogens is 454 g/mol. The van der Waals surface area contributed by atoms with Crippen molar-refractivity contribution in [2.24, 2.45) is 0 Å². The zero-order valence-electron chi connectivity index (χ0n) is 19.3. The number of nitrogens with one attached hydrogen (secondary N) is 1. The van der Waals surface area contributed by atoms with Crippen LogP contribution in [-0.4, -0.2) is 38.0 Å². The average Bonchev–Trinajstić information content (AvgIpc) is 3.24. The van der Waals surface area contributed by atoms with Gasteiger partial charge in [0.25, 0.3) is 0 Å². The monoisotopic (exact) mass is 480 g/mol. The van der Waals surface area contributed by atoms with Crippen molar-refractivity contribution in [1.29, 1.82) is 0 Å². The van der Waals surface area contributed by atoms with Crippen LogP contribution in [0.25, 0.3) is 16.9 Å². The van der Waals surface area contributed by atoms with E-state index >= 15 is 0 Å². The molecule has 0 aliphatic carbocycles. The number of hydrogen-bond acceptors (Lipinski definition) is 6. The predicted molar refractivity (Wildman–Crippen MR) is 126 cm³/mol. The second-order valence-corrected chi connectivity index (χ2v) is 8.85. The van der Waals surface area contributed by atoms with Gasteiger partial charge in [0.1, 0.15) is 11.9 Å². The summed E-state index contributed by atoms with van der Waals surface area (Å²) in [5.41, 5.74) is 3.44. The topological polar surface area (TPSA) is 91.9 Å². The first-order valence-corrected chi connectivity index (χ1v) is 11.5. The summed E-state index contributed by atoms with van der Waals surface area (Å²) in [5.74, 6) is 0.0482. The van der Waals surface area contributed by atoms with Gasteiger partial charge in [0.05, 0.1) is 28.7 Å². The zero-order chi connectivity index (χ0) is 24.7. The second kappa shape index (κ2) is 8.99. The molecule has 0 radical (unpaired) electrons. The molecule has 1 unspecified atom stereocenters. The van der Waals surface area contributed by atoms with Crippen molar-refractivity contribution < 1.29 is 23.7 Å². The summed E-state index contributed by atoms with van der Waals surface area (Å²) in [6, 6.07) is 17.2. The lowest BCUT2D eigenvalue weighted by molar-refractivity contribution is -0.0507. The summed E-state index contributed by atoms with van der Waals surface area (Å²) in [5, 5.41) is 29.1. The van der Waals surface area contributed by atoms with Crippen LogP contribution in [0.4, 0.5) is 8.78 Å². The van der Waals surface area contributed by atoms with Crippen LogP contribution < -0.4 is 10.1 Å². The van der Waals surface area contributed by atoms with Crippen molar-refractivity contribution >= 4 is 5.65 Å². The molecule has 0 amide bonds. The molecule has 3 atom stereocenters. The van der Waals surface area contributed by atoms with Crippen molar-refractivity contribution in [2.75, 3.05) is 6.54 Å². The Balaban J connectivity index is 1.61. The minimum Gasteiger partial charge on any atom is -0.434 e. The highest BCUT2D eigenvalue weighted by molar-refractivity contribution is 5.62. The number of hydrogen-bond donors (Lipinski definition) is 3. The van der Waals surface area contributed by atoms with Crippen LogP contribution in [0.5, 0.6) is 5.75 Å². The Kier molecular flexibility index (Phi) is 6.00. The number of rotatable bonds is 6. The van der Waals surface area contributed by atoms with Crippen LogP contribution in [0.2, 0.25) is 0 Å². The van der Waals surface area contributed by atoms with Crippen molar-refractivity contribution in [1.82, 2.24) is 19.9 Å². The van der Waals surface area contributed by atoms with Crippen LogP contribution in [-0.2, 0) is 5.60 Å². The van der Waals surface area contributed by atoms with E-state index in [4.69, 9.17) is 9.84 Å². The maximum atomic E-state index is 13.1. The highest BCUT2D eigenvalue weighted by Crippen LogP contribution is 2.37. The van der Waals surface area contributed by atoms with E-state index in [1.165, 1.54) is 6.07 Å². The molecule has 1 aliphatic rings. The minimum atomic E-state index is -2.96. The summed E-state index contributed by atoms with van der Waals surface area (Å²) >= 11 is 0. The van der Waals surface area contributed by atoms with Crippen LogP contribution in [0.1, 0.15) is 54.9 Å². The maximum absolute atomic E-state index is 13.1. The highest BCUT2D eigenvalue weighted by atomic mass is 19.3. The Morgan fingerprint density at radius 1 is 1.14 bits per heavy atom. The van der Waals surface area contributed by atoms with E-state index in [1.807, 2.05) is 43.3 Å². The normalized spacial score (nSPS) is 19.5. The molecule has 1 aliphatic heterocycles. The van der Waals surface area contributed by atoms with Crippen molar-refractivity contribution in [3.05, 3.63) is 83.2 Å². The first-order valence-electron chi connectivity index (χ1n) is 11.5. The smallest absolute Gasteiger partial charge is 0.387 e. The molecule has 0 fully saturated rings. The van der Waals surface area contributed by atoms with Gasteiger partial charge >= 0.3 is 6.61 Å². The van der Waals surface area contributed by atoms with E-state index in [0.29, 0.717) is 34.7 Å². The summed E-state index contributed by atoms with van der Waals surface area (Å²) in [4.78, 5) is 4.58. The van der Waals surface area contributed by atoms with Crippen molar-refractivity contribution in [3.8, 4) is 17.0 Å². The molecule has 9 heteroatoms. The van der Waals surface area contributed by atoms with Crippen LogP contribution in [0.3, 0.4) is 0 Å². The van der Waals surface area contributed by atoms with Gasteiger partial charge < -0.3 is 20.3 Å². The van der Waals surface area contributed by atoms with E-state index in [2.05, 4.69) is 10.3 Å². The first-order chi connectivity index (χ1) is 16.8. The fourth-order valence-corrected chi connectivity index (χ4v) is 4.44. The van der Waals surface area contributed by atoms with Crippen LogP contribution in [0, 0.1) is 0 Å². The summed E-state index contributed by atoms with van der Waals surface area (Å²) < 4.78 is 32.5. The number of alkyl halides is 2. The third kappa shape index (κ3) is 4.27. The Labute approximate surface area is 201 Å². The number of aromatic nitrogens is 3. The van der Waals surface area contributed by atoms with Gasteiger partial charge in [0, 0.05) is 17.7 Å². The molecule has 2 aromatic carbocycles. The third-order valence-electron chi connectivity index (χ3n) is 6.58. The minimum absolute atomic E-state index is 0.0482. The van der Waals surface area contributed by atoms with E-state index in [1.54, 1.807) is 29.6 Å². The molecule has 3 N–H and O–H groups in total.